The Morgan fingerprint density at radius 1 is 1.57 bits per heavy atom. The van der Waals surface area contributed by atoms with Crippen LogP contribution in [0, 0.1) is 0 Å². The minimum absolute atomic E-state index is 0.249. The number of ether oxygens (including phenoxy) is 2. The van der Waals surface area contributed by atoms with Crippen molar-refractivity contribution in [1.82, 2.24) is 9.97 Å². The minimum atomic E-state index is 0.249. The SMILES string of the molecule is CCCCOc1ncncc1OC=O. The van der Waals surface area contributed by atoms with Crippen molar-refractivity contribution in [1.29, 1.82) is 0 Å². The molecule has 14 heavy (non-hydrogen) atoms. The van der Waals surface area contributed by atoms with Gasteiger partial charge in [-0.15, -0.1) is 0 Å². The number of carbonyl (C=O) groups is 1. The molecule has 76 valence electrons. The van der Waals surface area contributed by atoms with E-state index < -0.39 is 0 Å². The largest absolute Gasteiger partial charge is 0.475 e. The minimum Gasteiger partial charge on any atom is -0.475 e. The lowest BCUT2D eigenvalue weighted by atomic mass is 10.4. The van der Waals surface area contributed by atoms with Gasteiger partial charge in [0, 0.05) is 0 Å². The molecule has 1 aromatic heterocycles. The summed E-state index contributed by atoms with van der Waals surface area (Å²) in [6.07, 6.45) is 4.71. The van der Waals surface area contributed by atoms with Gasteiger partial charge in [-0.2, -0.15) is 4.98 Å². The average molecular weight is 196 g/mol. The summed E-state index contributed by atoms with van der Waals surface area (Å²) in [6, 6.07) is 0. The summed E-state index contributed by atoms with van der Waals surface area (Å²) in [4.78, 5) is 17.7. The zero-order chi connectivity index (χ0) is 10.2. The molecule has 0 aliphatic rings. The van der Waals surface area contributed by atoms with E-state index in [1.54, 1.807) is 0 Å². The zero-order valence-corrected chi connectivity index (χ0v) is 7.97. The van der Waals surface area contributed by atoms with Crippen molar-refractivity contribution < 1.29 is 14.3 Å². The molecule has 0 N–H and O–H groups in total. The average Bonchev–Trinajstić information content (AvgIpc) is 2.21. The smallest absolute Gasteiger partial charge is 0.298 e. The second-order valence-corrected chi connectivity index (χ2v) is 2.61. The normalized spacial score (nSPS) is 9.50. The molecular formula is C9H12N2O3. The summed E-state index contributed by atoms with van der Waals surface area (Å²) in [5.74, 6) is 0.555. The Morgan fingerprint density at radius 2 is 2.43 bits per heavy atom. The molecule has 1 aromatic rings. The first-order valence-corrected chi connectivity index (χ1v) is 4.41. The molecule has 0 saturated heterocycles. The Balaban J connectivity index is 2.59. The molecule has 0 amide bonds. The molecule has 1 rings (SSSR count). The first kappa shape index (κ1) is 10.4. The maximum Gasteiger partial charge on any atom is 0.298 e. The van der Waals surface area contributed by atoms with Crippen LogP contribution in [0.15, 0.2) is 12.5 Å². The molecule has 0 fully saturated rings. The molecule has 0 unspecified atom stereocenters. The van der Waals surface area contributed by atoms with Crippen LogP contribution in [0.25, 0.3) is 0 Å². The highest BCUT2D eigenvalue weighted by Crippen LogP contribution is 2.21. The maximum atomic E-state index is 10.1. The summed E-state index contributed by atoms with van der Waals surface area (Å²) in [6.45, 7) is 2.94. The van der Waals surface area contributed by atoms with Crippen LogP contribution in [-0.2, 0) is 4.79 Å². The zero-order valence-electron chi connectivity index (χ0n) is 7.97. The van der Waals surface area contributed by atoms with Gasteiger partial charge < -0.3 is 9.47 Å². The topological polar surface area (TPSA) is 61.3 Å². The van der Waals surface area contributed by atoms with Crippen molar-refractivity contribution >= 4 is 6.47 Å². The highest BCUT2D eigenvalue weighted by Gasteiger charge is 2.05. The van der Waals surface area contributed by atoms with Gasteiger partial charge in [0.2, 0.25) is 5.75 Å². The number of hydrogen-bond acceptors (Lipinski definition) is 5. The van der Waals surface area contributed by atoms with Crippen molar-refractivity contribution in [2.24, 2.45) is 0 Å². The van der Waals surface area contributed by atoms with Crippen LogP contribution < -0.4 is 9.47 Å². The molecule has 0 aliphatic heterocycles. The Labute approximate surface area is 82.1 Å². The summed E-state index contributed by atoms with van der Waals surface area (Å²) >= 11 is 0. The molecule has 5 nitrogen and oxygen atoms in total. The standard InChI is InChI=1S/C9H12N2O3/c1-2-3-4-13-9-8(14-7-12)5-10-6-11-9/h5-7H,2-4H2,1H3. The number of aromatic nitrogens is 2. The molecule has 0 atom stereocenters. The predicted molar refractivity (Wildman–Crippen MR) is 49.1 cm³/mol. The van der Waals surface area contributed by atoms with Crippen molar-refractivity contribution in [3.05, 3.63) is 12.5 Å². The van der Waals surface area contributed by atoms with Gasteiger partial charge >= 0.3 is 0 Å². The summed E-state index contributed by atoms with van der Waals surface area (Å²) in [5, 5.41) is 0. The van der Waals surface area contributed by atoms with Gasteiger partial charge in [0.25, 0.3) is 12.4 Å². The Kier molecular flexibility index (Phi) is 4.40. The number of rotatable bonds is 6. The van der Waals surface area contributed by atoms with Gasteiger partial charge in [-0.3, -0.25) is 4.79 Å². The first-order valence-electron chi connectivity index (χ1n) is 4.41. The molecule has 0 bridgehead atoms. The van der Waals surface area contributed by atoms with Crippen molar-refractivity contribution in [2.45, 2.75) is 19.8 Å². The number of carbonyl (C=O) groups excluding carboxylic acids is 1. The van der Waals surface area contributed by atoms with Gasteiger partial charge in [0.15, 0.2) is 0 Å². The number of unbranched alkanes of at least 4 members (excludes halogenated alkanes) is 1. The molecule has 5 heteroatoms. The van der Waals surface area contributed by atoms with E-state index in [4.69, 9.17) is 4.74 Å². The van der Waals surface area contributed by atoms with E-state index >= 15 is 0 Å². The molecule has 0 saturated carbocycles. The second kappa shape index (κ2) is 5.90. The monoisotopic (exact) mass is 196 g/mol. The van der Waals surface area contributed by atoms with Crippen LogP contribution in [0.4, 0.5) is 0 Å². The fourth-order valence-corrected chi connectivity index (χ4v) is 0.860. The first-order chi connectivity index (χ1) is 6.88. The fraction of sp³-hybridized carbons (Fsp3) is 0.444. The molecule has 1 heterocycles. The van der Waals surface area contributed by atoms with Crippen LogP contribution in [0.1, 0.15) is 19.8 Å². The predicted octanol–water partition coefficient (Wildman–Crippen LogP) is 1.19. The Hall–Kier alpha value is -1.65. The lowest BCUT2D eigenvalue weighted by molar-refractivity contribution is -0.120. The molecule has 0 aromatic carbocycles. The van der Waals surface area contributed by atoms with Crippen molar-refractivity contribution in [2.75, 3.05) is 6.61 Å². The summed E-state index contributed by atoms with van der Waals surface area (Å²) in [7, 11) is 0. The molecule has 0 aliphatic carbocycles. The van der Waals surface area contributed by atoms with Crippen LogP contribution in [0.5, 0.6) is 11.6 Å². The highest BCUT2D eigenvalue weighted by molar-refractivity contribution is 5.47. The fourth-order valence-electron chi connectivity index (χ4n) is 0.860. The van der Waals surface area contributed by atoms with E-state index in [0.29, 0.717) is 19.0 Å². The van der Waals surface area contributed by atoms with Gasteiger partial charge in [-0.25, -0.2) is 4.98 Å². The number of nitrogens with zero attached hydrogens (tertiary/aromatic N) is 2. The quantitative estimate of drug-likeness (QED) is 0.505. The summed E-state index contributed by atoms with van der Waals surface area (Å²) < 4.78 is 9.93. The lowest BCUT2D eigenvalue weighted by Crippen LogP contribution is -2.02. The Bertz CT molecular complexity index is 291. The molecule has 0 spiro atoms. The van der Waals surface area contributed by atoms with Crippen LogP contribution >= 0.6 is 0 Å². The van der Waals surface area contributed by atoms with E-state index in [1.807, 2.05) is 0 Å². The lowest BCUT2D eigenvalue weighted by Gasteiger charge is -2.06. The van der Waals surface area contributed by atoms with E-state index in [2.05, 4.69) is 21.6 Å². The number of hydrogen-bond donors (Lipinski definition) is 0. The van der Waals surface area contributed by atoms with Gasteiger partial charge in [-0.05, 0) is 6.42 Å². The van der Waals surface area contributed by atoms with E-state index in [1.165, 1.54) is 12.5 Å². The van der Waals surface area contributed by atoms with Crippen LogP contribution in [0.3, 0.4) is 0 Å². The van der Waals surface area contributed by atoms with Crippen molar-refractivity contribution in [3.8, 4) is 11.6 Å². The van der Waals surface area contributed by atoms with Crippen LogP contribution in [0.2, 0.25) is 0 Å². The maximum absolute atomic E-state index is 10.1. The Morgan fingerprint density at radius 3 is 3.14 bits per heavy atom. The van der Waals surface area contributed by atoms with Crippen LogP contribution in [-0.4, -0.2) is 23.0 Å². The van der Waals surface area contributed by atoms with Gasteiger partial charge in [-0.1, -0.05) is 13.3 Å². The van der Waals surface area contributed by atoms with E-state index in [0.717, 1.165) is 12.8 Å². The highest BCUT2D eigenvalue weighted by atomic mass is 16.5. The third-order valence-corrected chi connectivity index (χ3v) is 1.56. The third kappa shape index (κ3) is 3.01. The third-order valence-electron chi connectivity index (χ3n) is 1.56. The van der Waals surface area contributed by atoms with E-state index in [-0.39, 0.29) is 5.75 Å². The van der Waals surface area contributed by atoms with Gasteiger partial charge in [0.1, 0.15) is 6.33 Å². The summed E-state index contributed by atoms with van der Waals surface area (Å²) in [5.41, 5.74) is 0. The second-order valence-electron chi connectivity index (χ2n) is 2.61. The molecule has 0 radical (unpaired) electrons. The van der Waals surface area contributed by atoms with Crippen molar-refractivity contribution in [3.63, 3.8) is 0 Å². The van der Waals surface area contributed by atoms with E-state index in [9.17, 15) is 4.79 Å². The molecular weight excluding hydrogens is 184 g/mol. The van der Waals surface area contributed by atoms with Gasteiger partial charge in [0.05, 0.1) is 12.8 Å².